The summed E-state index contributed by atoms with van der Waals surface area (Å²) in [5.74, 6) is -0.172. The summed E-state index contributed by atoms with van der Waals surface area (Å²) in [6.07, 6.45) is 1.79. The molecule has 0 radical (unpaired) electrons. The van der Waals surface area contributed by atoms with E-state index in [0.717, 1.165) is 19.4 Å². The number of rotatable bonds is 7. The summed E-state index contributed by atoms with van der Waals surface area (Å²) in [7, 11) is 5.52. The van der Waals surface area contributed by atoms with E-state index < -0.39 is 0 Å². The van der Waals surface area contributed by atoms with E-state index in [0.29, 0.717) is 6.04 Å². The van der Waals surface area contributed by atoms with Gasteiger partial charge in [0, 0.05) is 6.04 Å². The van der Waals surface area contributed by atoms with Crippen molar-refractivity contribution in [3.8, 4) is 0 Å². The lowest BCUT2D eigenvalue weighted by Crippen LogP contribution is -2.43. The monoisotopic (exact) mass is 216 g/mol. The van der Waals surface area contributed by atoms with Crippen molar-refractivity contribution in [2.45, 2.75) is 38.8 Å². The molecular weight excluding hydrogens is 192 g/mol. The van der Waals surface area contributed by atoms with Crippen molar-refractivity contribution in [2.75, 3.05) is 27.7 Å². The molecule has 0 saturated heterocycles. The van der Waals surface area contributed by atoms with E-state index in [4.69, 9.17) is 4.74 Å². The highest BCUT2D eigenvalue weighted by molar-refractivity contribution is 5.75. The molecule has 0 aliphatic carbocycles. The summed E-state index contributed by atoms with van der Waals surface area (Å²) in [5.41, 5.74) is 0. The molecule has 0 aliphatic heterocycles. The van der Waals surface area contributed by atoms with Gasteiger partial charge in [0.15, 0.2) is 0 Å². The molecule has 4 nitrogen and oxygen atoms in total. The van der Waals surface area contributed by atoms with Gasteiger partial charge >= 0.3 is 5.97 Å². The minimum atomic E-state index is -0.174. The van der Waals surface area contributed by atoms with E-state index in [1.54, 1.807) is 0 Å². The van der Waals surface area contributed by atoms with Crippen LogP contribution in [0.5, 0.6) is 0 Å². The molecule has 0 amide bonds. The number of carbonyl (C=O) groups is 1. The van der Waals surface area contributed by atoms with Gasteiger partial charge in [0.05, 0.1) is 7.11 Å². The van der Waals surface area contributed by atoms with E-state index in [-0.39, 0.29) is 12.0 Å². The van der Waals surface area contributed by atoms with Crippen LogP contribution < -0.4 is 5.32 Å². The van der Waals surface area contributed by atoms with Gasteiger partial charge in [-0.05, 0) is 40.4 Å². The maximum Gasteiger partial charge on any atom is 0.322 e. The molecule has 4 heteroatoms. The first kappa shape index (κ1) is 14.4. The Bertz CT molecular complexity index is 183. The van der Waals surface area contributed by atoms with Crippen molar-refractivity contribution in [1.82, 2.24) is 10.2 Å². The number of nitrogens with one attached hydrogen (secondary N) is 1. The molecule has 0 aromatic rings. The summed E-state index contributed by atoms with van der Waals surface area (Å²) in [6.45, 7) is 5.09. The average molecular weight is 216 g/mol. The van der Waals surface area contributed by atoms with Crippen molar-refractivity contribution >= 4 is 5.97 Å². The second-order valence-electron chi connectivity index (χ2n) is 4.14. The second-order valence-corrected chi connectivity index (χ2v) is 4.14. The highest BCUT2D eigenvalue weighted by atomic mass is 16.5. The molecule has 1 N–H and O–H groups in total. The Morgan fingerprint density at radius 2 is 2.07 bits per heavy atom. The first-order valence-corrected chi connectivity index (χ1v) is 5.49. The van der Waals surface area contributed by atoms with Crippen LogP contribution in [0, 0.1) is 0 Å². The van der Waals surface area contributed by atoms with E-state index in [1.165, 1.54) is 7.11 Å². The van der Waals surface area contributed by atoms with Crippen LogP contribution in [0.25, 0.3) is 0 Å². The molecule has 0 bridgehead atoms. The van der Waals surface area contributed by atoms with Gasteiger partial charge in [-0.3, -0.25) is 4.79 Å². The minimum Gasteiger partial charge on any atom is -0.468 e. The van der Waals surface area contributed by atoms with Crippen LogP contribution in [0.1, 0.15) is 26.7 Å². The van der Waals surface area contributed by atoms with Crippen LogP contribution >= 0.6 is 0 Å². The number of hydrogen-bond donors (Lipinski definition) is 1. The summed E-state index contributed by atoms with van der Waals surface area (Å²) in [4.78, 5) is 13.5. The molecule has 0 heterocycles. The molecule has 0 spiro atoms. The van der Waals surface area contributed by atoms with E-state index in [2.05, 4.69) is 17.1 Å². The Balaban J connectivity index is 3.90. The van der Waals surface area contributed by atoms with Gasteiger partial charge < -0.3 is 15.0 Å². The van der Waals surface area contributed by atoms with Gasteiger partial charge in [-0.2, -0.15) is 0 Å². The van der Waals surface area contributed by atoms with E-state index >= 15 is 0 Å². The van der Waals surface area contributed by atoms with Crippen LogP contribution in [0.3, 0.4) is 0 Å². The second kappa shape index (κ2) is 7.65. The number of hydrogen-bond acceptors (Lipinski definition) is 4. The SMILES string of the molecule is CCC(NC(C)CCN(C)C)C(=O)OC. The maximum absolute atomic E-state index is 11.3. The van der Waals surface area contributed by atoms with Crippen LogP contribution in [0.4, 0.5) is 0 Å². The largest absolute Gasteiger partial charge is 0.468 e. The van der Waals surface area contributed by atoms with Crippen molar-refractivity contribution < 1.29 is 9.53 Å². The Labute approximate surface area is 93.0 Å². The fraction of sp³-hybridized carbons (Fsp3) is 0.909. The van der Waals surface area contributed by atoms with Gasteiger partial charge in [0.1, 0.15) is 6.04 Å². The van der Waals surface area contributed by atoms with Crippen molar-refractivity contribution in [2.24, 2.45) is 0 Å². The lowest BCUT2D eigenvalue weighted by atomic mass is 10.1. The zero-order valence-corrected chi connectivity index (χ0v) is 10.5. The maximum atomic E-state index is 11.3. The normalized spacial score (nSPS) is 15.1. The average Bonchev–Trinajstić information content (AvgIpc) is 2.21. The molecule has 2 atom stereocenters. The Morgan fingerprint density at radius 3 is 2.47 bits per heavy atom. The Morgan fingerprint density at radius 1 is 1.47 bits per heavy atom. The van der Waals surface area contributed by atoms with Gasteiger partial charge in [-0.15, -0.1) is 0 Å². The lowest BCUT2D eigenvalue weighted by molar-refractivity contribution is -0.143. The lowest BCUT2D eigenvalue weighted by Gasteiger charge is -2.21. The number of ether oxygens (including phenoxy) is 1. The zero-order valence-electron chi connectivity index (χ0n) is 10.5. The third kappa shape index (κ3) is 6.47. The Kier molecular flexibility index (Phi) is 7.34. The number of methoxy groups -OCH3 is 1. The van der Waals surface area contributed by atoms with Crippen LogP contribution in [-0.2, 0) is 9.53 Å². The molecule has 0 aromatic heterocycles. The van der Waals surface area contributed by atoms with Crippen LogP contribution in [0.2, 0.25) is 0 Å². The van der Waals surface area contributed by atoms with Gasteiger partial charge in [-0.1, -0.05) is 6.92 Å². The fourth-order valence-corrected chi connectivity index (χ4v) is 1.37. The van der Waals surface area contributed by atoms with Crippen LogP contribution in [0.15, 0.2) is 0 Å². The molecular formula is C11H24N2O2. The molecule has 15 heavy (non-hydrogen) atoms. The van der Waals surface area contributed by atoms with E-state index in [9.17, 15) is 4.79 Å². The first-order valence-electron chi connectivity index (χ1n) is 5.49. The molecule has 90 valence electrons. The number of esters is 1. The van der Waals surface area contributed by atoms with Crippen LogP contribution in [-0.4, -0.2) is 50.7 Å². The third-order valence-electron chi connectivity index (χ3n) is 2.39. The smallest absolute Gasteiger partial charge is 0.322 e. The fourth-order valence-electron chi connectivity index (χ4n) is 1.37. The van der Waals surface area contributed by atoms with Gasteiger partial charge in [0.2, 0.25) is 0 Å². The zero-order chi connectivity index (χ0) is 11.8. The molecule has 0 saturated carbocycles. The molecule has 0 fully saturated rings. The van der Waals surface area contributed by atoms with Gasteiger partial charge in [-0.25, -0.2) is 0 Å². The van der Waals surface area contributed by atoms with Gasteiger partial charge in [0.25, 0.3) is 0 Å². The van der Waals surface area contributed by atoms with Crippen molar-refractivity contribution in [1.29, 1.82) is 0 Å². The summed E-state index contributed by atoms with van der Waals surface area (Å²) >= 11 is 0. The first-order chi connectivity index (χ1) is 7.01. The number of carbonyl (C=O) groups excluding carboxylic acids is 1. The quantitative estimate of drug-likeness (QED) is 0.641. The predicted octanol–water partition coefficient (Wildman–Crippen LogP) is 0.868. The highest BCUT2D eigenvalue weighted by Crippen LogP contribution is 1.99. The molecule has 0 rings (SSSR count). The standard InChI is InChI=1S/C11H24N2O2/c1-6-10(11(14)15-5)12-9(2)7-8-13(3)4/h9-10,12H,6-8H2,1-5H3. The third-order valence-corrected chi connectivity index (χ3v) is 2.39. The molecule has 2 unspecified atom stereocenters. The van der Waals surface area contributed by atoms with Crippen molar-refractivity contribution in [3.05, 3.63) is 0 Å². The topological polar surface area (TPSA) is 41.6 Å². The summed E-state index contributed by atoms with van der Waals surface area (Å²) in [5, 5.41) is 3.27. The predicted molar refractivity (Wildman–Crippen MR) is 61.9 cm³/mol. The highest BCUT2D eigenvalue weighted by Gasteiger charge is 2.18. The molecule has 0 aromatic carbocycles. The Hall–Kier alpha value is -0.610. The summed E-state index contributed by atoms with van der Waals surface area (Å²) < 4.78 is 4.72. The van der Waals surface area contributed by atoms with Crippen molar-refractivity contribution in [3.63, 3.8) is 0 Å². The number of nitrogens with zero attached hydrogens (tertiary/aromatic N) is 1. The van der Waals surface area contributed by atoms with E-state index in [1.807, 2.05) is 21.0 Å². The minimum absolute atomic E-state index is 0.172. The summed E-state index contributed by atoms with van der Waals surface area (Å²) in [6, 6.07) is 0.156. The molecule has 0 aliphatic rings.